The summed E-state index contributed by atoms with van der Waals surface area (Å²) in [7, 11) is -4.08. The number of hydrogen-bond donors (Lipinski definition) is 0. The lowest BCUT2D eigenvalue weighted by Gasteiger charge is -2.40. The van der Waals surface area contributed by atoms with Crippen molar-refractivity contribution in [2.75, 3.05) is 0 Å². The van der Waals surface area contributed by atoms with Gasteiger partial charge in [0, 0.05) is 45.5 Å². The molecular formula is C32H30BrN3O5S. The van der Waals surface area contributed by atoms with Crippen LogP contribution in [0.25, 0.3) is 10.9 Å². The van der Waals surface area contributed by atoms with Crippen LogP contribution in [0.2, 0.25) is 0 Å². The van der Waals surface area contributed by atoms with Crippen LogP contribution in [0, 0.1) is 6.92 Å². The smallest absolute Gasteiger partial charge is 0.297 e. The average Bonchev–Trinajstić information content (AvgIpc) is 3.25. The molecule has 10 heteroatoms. The summed E-state index contributed by atoms with van der Waals surface area (Å²) in [6, 6.07) is 15.0. The standard InChI is InChI=1S/C32H30BrN3O5S/c1-20-8-9-21(19-35-20)17-22-18-26-30(31-25(22)5-4-15-34-31)28(14-16-37)36(32(26)38)27-6-2-3-7-29(27)41-42(39,40)24-12-10-23(33)11-13-24/h4-5,8-13,15-16,18-19,27-29H,2-3,6-7,14,17H2,1H3/t27-,28?,29-/m0/s1. The van der Waals surface area contributed by atoms with E-state index in [9.17, 15) is 18.0 Å². The van der Waals surface area contributed by atoms with Crippen molar-refractivity contribution in [2.45, 2.75) is 68.5 Å². The second kappa shape index (κ2) is 11.7. The van der Waals surface area contributed by atoms with E-state index in [4.69, 9.17) is 9.17 Å². The summed E-state index contributed by atoms with van der Waals surface area (Å²) >= 11 is 3.33. The molecule has 0 spiro atoms. The van der Waals surface area contributed by atoms with Gasteiger partial charge in [-0.25, -0.2) is 0 Å². The molecule has 4 aromatic rings. The Morgan fingerprint density at radius 1 is 1.07 bits per heavy atom. The van der Waals surface area contributed by atoms with E-state index in [0.29, 0.717) is 35.9 Å². The SMILES string of the molecule is Cc1ccc(Cc2cc3c(c4ncccc24)C(CC=O)N([C@H]2CCCC[C@@H]2OS(=O)(=O)c2ccc(Br)cc2)C3=O)cn1. The minimum atomic E-state index is -4.08. The number of aryl methyl sites for hydroxylation is 1. The zero-order valence-electron chi connectivity index (χ0n) is 23.1. The van der Waals surface area contributed by atoms with Gasteiger partial charge in [0.15, 0.2) is 0 Å². The van der Waals surface area contributed by atoms with Gasteiger partial charge >= 0.3 is 0 Å². The Balaban J connectivity index is 1.40. The molecule has 1 amide bonds. The summed E-state index contributed by atoms with van der Waals surface area (Å²) in [5.41, 5.74) is 4.78. The molecule has 1 fully saturated rings. The van der Waals surface area contributed by atoms with E-state index in [1.54, 1.807) is 23.2 Å². The van der Waals surface area contributed by atoms with Crippen LogP contribution in [0.15, 0.2) is 76.4 Å². The summed E-state index contributed by atoms with van der Waals surface area (Å²) in [4.78, 5) is 37.1. The second-order valence-corrected chi connectivity index (χ2v) is 13.4. The third-order valence-electron chi connectivity index (χ3n) is 8.22. The zero-order valence-corrected chi connectivity index (χ0v) is 25.5. The third kappa shape index (κ3) is 5.39. The molecule has 1 saturated carbocycles. The predicted molar refractivity (Wildman–Crippen MR) is 162 cm³/mol. The van der Waals surface area contributed by atoms with Crippen LogP contribution in [0.1, 0.15) is 70.9 Å². The number of carbonyl (C=O) groups is 2. The monoisotopic (exact) mass is 647 g/mol. The topological polar surface area (TPSA) is 107 Å². The van der Waals surface area contributed by atoms with E-state index >= 15 is 0 Å². The van der Waals surface area contributed by atoms with Crippen LogP contribution < -0.4 is 0 Å². The van der Waals surface area contributed by atoms with Gasteiger partial charge in [0.2, 0.25) is 0 Å². The van der Waals surface area contributed by atoms with Crippen molar-refractivity contribution in [1.82, 2.24) is 14.9 Å². The number of aldehydes is 1. The number of benzene rings is 2. The second-order valence-electron chi connectivity index (χ2n) is 10.9. The van der Waals surface area contributed by atoms with Crippen molar-refractivity contribution in [3.63, 3.8) is 0 Å². The molecule has 2 aromatic carbocycles. The molecule has 1 aliphatic heterocycles. The molecule has 8 nitrogen and oxygen atoms in total. The summed E-state index contributed by atoms with van der Waals surface area (Å²) in [6.07, 6.45) is 6.91. The molecule has 0 N–H and O–H groups in total. The highest BCUT2D eigenvalue weighted by Gasteiger charge is 2.46. The van der Waals surface area contributed by atoms with E-state index in [2.05, 4.69) is 20.9 Å². The lowest BCUT2D eigenvalue weighted by Crippen LogP contribution is -2.49. The molecule has 0 saturated heterocycles. The van der Waals surface area contributed by atoms with Crippen molar-refractivity contribution in [3.8, 4) is 0 Å². The van der Waals surface area contributed by atoms with Gasteiger partial charge in [0.05, 0.1) is 28.6 Å². The molecule has 1 aliphatic carbocycles. The van der Waals surface area contributed by atoms with Gasteiger partial charge in [-0.15, -0.1) is 0 Å². The molecule has 3 atom stereocenters. The largest absolute Gasteiger partial charge is 0.325 e. The summed E-state index contributed by atoms with van der Waals surface area (Å²) in [5, 5.41) is 0.914. The van der Waals surface area contributed by atoms with Gasteiger partial charge in [0.25, 0.3) is 16.0 Å². The van der Waals surface area contributed by atoms with Gasteiger partial charge in [-0.05, 0) is 79.8 Å². The maximum Gasteiger partial charge on any atom is 0.297 e. The molecule has 3 heterocycles. The molecule has 6 rings (SSSR count). The van der Waals surface area contributed by atoms with E-state index in [1.807, 2.05) is 43.5 Å². The first-order valence-corrected chi connectivity index (χ1v) is 16.2. The average molecular weight is 649 g/mol. The minimum absolute atomic E-state index is 0.0564. The van der Waals surface area contributed by atoms with Crippen molar-refractivity contribution >= 4 is 49.1 Å². The molecule has 0 radical (unpaired) electrons. The van der Waals surface area contributed by atoms with Crippen molar-refractivity contribution in [2.24, 2.45) is 0 Å². The zero-order chi connectivity index (χ0) is 29.4. The Morgan fingerprint density at radius 2 is 1.86 bits per heavy atom. The quantitative estimate of drug-likeness (QED) is 0.168. The lowest BCUT2D eigenvalue weighted by molar-refractivity contribution is -0.109. The number of carbonyl (C=O) groups excluding carboxylic acids is 2. The Morgan fingerprint density at radius 3 is 2.60 bits per heavy atom. The summed E-state index contributed by atoms with van der Waals surface area (Å²) in [5.74, 6) is -0.228. The van der Waals surface area contributed by atoms with Crippen molar-refractivity contribution in [3.05, 3.63) is 99.4 Å². The van der Waals surface area contributed by atoms with Crippen molar-refractivity contribution < 1.29 is 22.2 Å². The highest BCUT2D eigenvalue weighted by Crippen LogP contribution is 2.45. The molecule has 2 aromatic heterocycles. The number of rotatable bonds is 8. The fourth-order valence-electron chi connectivity index (χ4n) is 6.27. The molecule has 0 bridgehead atoms. The highest BCUT2D eigenvalue weighted by atomic mass is 79.9. The minimum Gasteiger partial charge on any atom is -0.325 e. The highest BCUT2D eigenvalue weighted by molar-refractivity contribution is 9.10. The first kappa shape index (κ1) is 28.6. The van der Waals surface area contributed by atoms with Gasteiger partial charge in [-0.3, -0.25) is 18.9 Å². The molecule has 2 aliphatic rings. The number of hydrogen-bond acceptors (Lipinski definition) is 7. The van der Waals surface area contributed by atoms with E-state index in [1.165, 1.54) is 12.1 Å². The fourth-order valence-corrected chi connectivity index (χ4v) is 7.67. The number of nitrogens with zero attached hydrogens (tertiary/aromatic N) is 3. The van der Waals surface area contributed by atoms with Crippen LogP contribution >= 0.6 is 15.9 Å². The van der Waals surface area contributed by atoms with Crippen LogP contribution in [0.4, 0.5) is 0 Å². The number of pyridine rings is 2. The fraction of sp³-hybridized carbons (Fsp3) is 0.312. The van der Waals surface area contributed by atoms with Gasteiger partial charge < -0.3 is 9.69 Å². The Hall–Kier alpha value is -3.47. The number of aromatic nitrogens is 2. The molecule has 1 unspecified atom stereocenters. The van der Waals surface area contributed by atoms with Crippen LogP contribution in [0.3, 0.4) is 0 Å². The van der Waals surface area contributed by atoms with Crippen LogP contribution in [0.5, 0.6) is 0 Å². The summed E-state index contributed by atoms with van der Waals surface area (Å²) < 4.78 is 33.2. The number of amides is 1. The van der Waals surface area contributed by atoms with Gasteiger partial charge in [-0.1, -0.05) is 40.9 Å². The van der Waals surface area contributed by atoms with Gasteiger partial charge in [0.1, 0.15) is 6.29 Å². The molecule has 216 valence electrons. The molecular weight excluding hydrogens is 618 g/mol. The van der Waals surface area contributed by atoms with E-state index in [-0.39, 0.29) is 17.2 Å². The summed E-state index contributed by atoms with van der Waals surface area (Å²) in [6.45, 7) is 1.94. The van der Waals surface area contributed by atoms with Crippen LogP contribution in [-0.2, 0) is 25.5 Å². The van der Waals surface area contributed by atoms with E-state index in [0.717, 1.165) is 45.8 Å². The Labute approximate surface area is 253 Å². The van der Waals surface area contributed by atoms with E-state index < -0.39 is 28.3 Å². The maximum absolute atomic E-state index is 14.3. The number of fused-ring (bicyclic) bond motifs is 3. The first-order chi connectivity index (χ1) is 20.3. The third-order valence-corrected chi connectivity index (χ3v) is 10.1. The maximum atomic E-state index is 14.3. The predicted octanol–water partition coefficient (Wildman–Crippen LogP) is 6.09. The van der Waals surface area contributed by atoms with Gasteiger partial charge in [-0.2, -0.15) is 8.42 Å². The van der Waals surface area contributed by atoms with Crippen molar-refractivity contribution in [1.29, 1.82) is 0 Å². The lowest BCUT2D eigenvalue weighted by atomic mass is 9.89. The number of halogens is 1. The Kier molecular flexibility index (Phi) is 7.95. The normalized spacial score (nSPS) is 20.6. The first-order valence-electron chi connectivity index (χ1n) is 14.0. The Bertz CT molecular complexity index is 1760. The van der Waals surface area contributed by atoms with Crippen LogP contribution in [-0.4, -0.2) is 47.6 Å². The molecule has 42 heavy (non-hydrogen) atoms.